The molecule has 0 aliphatic heterocycles. The number of esters is 2. The molecule has 9 heteroatoms. The van der Waals surface area contributed by atoms with E-state index in [1.165, 1.54) is 11.3 Å². The maximum Gasteiger partial charge on any atom is 0.341 e. The smallest absolute Gasteiger partial charge is 0.341 e. The van der Waals surface area contributed by atoms with E-state index in [4.69, 9.17) is 9.47 Å². The SMILES string of the molecule is CCOC(=O)c1c(NC(=O)C(CC)OC(=O)c2ccccc2-c2nc3ccccc3[nH]2)sc2c1CCCCCC2. The zero-order chi connectivity index (χ0) is 28.1. The Balaban J connectivity index is 1.38. The number of ether oxygens (including phenoxy) is 2. The van der Waals surface area contributed by atoms with Crippen LogP contribution in [0.4, 0.5) is 5.00 Å². The van der Waals surface area contributed by atoms with E-state index in [0.29, 0.717) is 27.5 Å². The molecule has 8 nitrogen and oxygen atoms in total. The lowest BCUT2D eigenvalue weighted by atomic mass is 9.96. The van der Waals surface area contributed by atoms with E-state index >= 15 is 0 Å². The molecule has 2 N–H and O–H groups in total. The molecule has 208 valence electrons. The Hall–Kier alpha value is -3.98. The van der Waals surface area contributed by atoms with Gasteiger partial charge in [-0.05, 0) is 62.8 Å². The van der Waals surface area contributed by atoms with E-state index in [1.807, 2.05) is 30.3 Å². The van der Waals surface area contributed by atoms with Crippen LogP contribution in [0.25, 0.3) is 22.4 Å². The number of para-hydroxylation sites is 2. The lowest BCUT2D eigenvalue weighted by molar-refractivity contribution is -0.124. The number of carbonyl (C=O) groups is 3. The van der Waals surface area contributed by atoms with Gasteiger partial charge in [-0.25, -0.2) is 14.6 Å². The Morgan fingerprint density at radius 2 is 1.73 bits per heavy atom. The predicted octanol–water partition coefficient (Wildman–Crippen LogP) is 6.70. The molecular formula is C31H33N3O5S. The van der Waals surface area contributed by atoms with Gasteiger partial charge in [0.15, 0.2) is 6.10 Å². The molecule has 1 aliphatic rings. The van der Waals surface area contributed by atoms with Crippen LogP contribution in [0.1, 0.15) is 77.1 Å². The first-order valence-electron chi connectivity index (χ1n) is 13.9. The number of amides is 1. The third-order valence-corrected chi connectivity index (χ3v) is 8.30. The topological polar surface area (TPSA) is 110 Å². The van der Waals surface area contributed by atoms with Gasteiger partial charge in [-0.1, -0.05) is 50.1 Å². The molecule has 40 heavy (non-hydrogen) atoms. The quantitative estimate of drug-likeness (QED) is 0.232. The predicted molar refractivity (Wildman–Crippen MR) is 156 cm³/mol. The van der Waals surface area contributed by atoms with Gasteiger partial charge in [0.05, 0.1) is 28.8 Å². The highest BCUT2D eigenvalue weighted by atomic mass is 32.1. The lowest BCUT2D eigenvalue weighted by Crippen LogP contribution is -2.32. The van der Waals surface area contributed by atoms with Gasteiger partial charge in [-0.15, -0.1) is 11.3 Å². The zero-order valence-corrected chi connectivity index (χ0v) is 23.6. The second-order valence-corrected chi connectivity index (χ2v) is 10.9. The van der Waals surface area contributed by atoms with Crippen LogP contribution < -0.4 is 5.32 Å². The molecule has 0 fully saturated rings. The van der Waals surface area contributed by atoms with Crippen molar-refractivity contribution in [3.05, 3.63) is 70.1 Å². The van der Waals surface area contributed by atoms with E-state index in [-0.39, 0.29) is 13.0 Å². The number of hydrogen-bond acceptors (Lipinski definition) is 7. The fourth-order valence-electron chi connectivity index (χ4n) is 5.08. The summed E-state index contributed by atoms with van der Waals surface area (Å²) in [5.74, 6) is -0.985. The Morgan fingerprint density at radius 3 is 2.50 bits per heavy atom. The molecule has 0 spiro atoms. The van der Waals surface area contributed by atoms with Crippen molar-refractivity contribution in [3.63, 3.8) is 0 Å². The van der Waals surface area contributed by atoms with Crippen LogP contribution in [-0.2, 0) is 27.1 Å². The number of hydrogen-bond donors (Lipinski definition) is 2. The van der Waals surface area contributed by atoms with Gasteiger partial charge in [-0.3, -0.25) is 4.79 Å². The second-order valence-electron chi connectivity index (χ2n) is 9.78. The van der Waals surface area contributed by atoms with Gasteiger partial charge in [0, 0.05) is 10.4 Å². The number of anilines is 1. The van der Waals surface area contributed by atoms with Crippen molar-refractivity contribution >= 4 is 45.2 Å². The molecule has 0 bridgehead atoms. The number of imidazole rings is 1. The monoisotopic (exact) mass is 559 g/mol. The fraction of sp³-hybridized carbons (Fsp3) is 0.355. The first-order valence-corrected chi connectivity index (χ1v) is 14.7. The molecule has 0 saturated heterocycles. The highest BCUT2D eigenvalue weighted by Crippen LogP contribution is 2.38. The second kappa shape index (κ2) is 12.5. The van der Waals surface area contributed by atoms with Crippen molar-refractivity contribution in [2.75, 3.05) is 11.9 Å². The van der Waals surface area contributed by atoms with Crippen molar-refractivity contribution < 1.29 is 23.9 Å². The van der Waals surface area contributed by atoms with Gasteiger partial charge in [0.1, 0.15) is 10.8 Å². The summed E-state index contributed by atoms with van der Waals surface area (Å²) in [5, 5.41) is 3.37. The number of thiophene rings is 1. The summed E-state index contributed by atoms with van der Waals surface area (Å²) < 4.78 is 11.1. The molecule has 0 radical (unpaired) electrons. The molecule has 2 aromatic heterocycles. The minimum Gasteiger partial charge on any atom is -0.462 e. The average Bonchev–Trinajstić information content (AvgIpc) is 3.52. The molecule has 2 aromatic carbocycles. The van der Waals surface area contributed by atoms with Gasteiger partial charge in [0.2, 0.25) is 0 Å². The van der Waals surface area contributed by atoms with Crippen molar-refractivity contribution in [2.24, 2.45) is 0 Å². The molecule has 0 saturated carbocycles. The molecule has 1 unspecified atom stereocenters. The molecule has 1 aliphatic carbocycles. The normalized spacial score (nSPS) is 14.1. The first kappa shape index (κ1) is 27.6. The summed E-state index contributed by atoms with van der Waals surface area (Å²) in [6.07, 6.45) is 5.17. The van der Waals surface area contributed by atoms with Gasteiger partial charge in [-0.2, -0.15) is 0 Å². The minimum absolute atomic E-state index is 0.247. The lowest BCUT2D eigenvalue weighted by Gasteiger charge is -2.17. The average molecular weight is 560 g/mol. The number of carbonyl (C=O) groups excluding carboxylic acids is 3. The number of fused-ring (bicyclic) bond motifs is 2. The number of aromatic amines is 1. The number of aryl methyl sites for hydroxylation is 1. The molecule has 1 amide bonds. The molecule has 1 atom stereocenters. The number of H-pyrrole nitrogens is 1. The zero-order valence-electron chi connectivity index (χ0n) is 22.7. The Kier molecular flexibility index (Phi) is 8.60. The van der Waals surface area contributed by atoms with Crippen LogP contribution in [0.2, 0.25) is 0 Å². The molecule has 5 rings (SSSR count). The van der Waals surface area contributed by atoms with E-state index in [1.54, 1.807) is 32.0 Å². The molecule has 4 aromatic rings. The highest BCUT2D eigenvalue weighted by molar-refractivity contribution is 7.17. The van der Waals surface area contributed by atoms with Gasteiger partial charge >= 0.3 is 11.9 Å². The summed E-state index contributed by atoms with van der Waals surface area (Å²) in [4.78, 5) is 48.7. The maximum atomic E-state index is 13.4. The summed E-state index contributed by atoms with van der Waals surface area (Å²) >= 11 is 1.43. The molecule has 2 heterocycles. The Labute approximate surface area is 237 Å². The largest absolute Gasteiger partial charge is 0.462 e. The number of benzene rings is 2. The summed E-state index contributed by atoms with van der Waals surface area (Å²) in [6.45, 7) is 3.79. The van der Waals surface area contributed by atoms with E-state index in [9.17, 15) is 14.4 Å². The Morgan fingerprint density at radius 1 is 0.975 bits per heavy atom. The van der Waals surface area contributed by atoms with E-state index in [2.05, 4.69) is 15.3 Å². The van der Waals surface area contributed by atoms with Crippen LogP contribution >= 0.6 is 11.3 Å². The summed E-state index contributed by atoms with van der Waals surface area (Å²) in [5.41, 5.74) is 3.94. The van der Waals surface area contributed by atoms with Crippen LogP contribution in [0, 0.1) is 0 Å². The number of nitrogens with zero attached hydrogens (tertiary/aromatic N) is 1. The van der Waals surface area contributed by atoms with Crippen LogP contribution in [0.15, 0.2) is 48.5 Å². The third-order valence-electron chi connectivity index (χ3n) is 7.09. The maximum absolute atomic E-state index is 13.4. The minimum atomic E-state index is -1.05. The fourth-order valence-corrected chi connectivity index (χ4v) is 6.36. The van der Waals surface area contributed by atoms with Crippen LogP contribution in [0.5, 0.6) is 0 Å². The van der Waals surface area contributed by atoms with Gasteiger partial charge in [0.25, 0.3) is 5.91 Å². The highest BCUT2D eigenvalue weighted by Gasteiger charge is 2.30. The summed E-state index contributed by atoms with van der Waals surface area (Å²) in [7, 11) is 0. The van der Waals surface area contributed by atoms with Crippen LogP contribution in [0.3, 0.4) is 0 Å². The first-order chi connectivity index (χ1) is 19.5. The van der Waals surface area contributed by atoms with E-state index < -0.39 is 23.9 Å². The molecular weight excluding hydrogens is 526 g/mol. The third kappa shape index (κ3) is 5.79. The van der Waals surface area contributed by atoms with Crippen molar-refractivity contribution in [1.82, 2.24) is 9.97 Å². The Bertz CT molecular complexity index is 1510. The van der Waals surface area contributed by atoms with Crippen molar-refractivity contribution in [2.45, 2.75) is 64.9 Å². The number of nitrogens with one attached hydrogen (secondary N) is 2. The van der Waals surface area contributed by atoms with Gasteiger partial charge < -0.3 is 19.8 Å². The number of rotatable bonds is 8. The summed E-state index contributed by atoms with van der Waals surface area (Å²) in [6, 6.07) is 14.6. The van der Waals surface area contributed by atoms with Crippen molar-refractivity contribution in [1.29, 1.82) is 0 Å². The number of aromatic nitrogens is 2. The van der Waals surface area contributed by atoms with Crippen LogP contribution in [-0.4, -0.2) is 40.5 Å². The standard InChI is InChI=1S/C31H33N3O5S/c1-3-24(28(35)34-29-26(31(37)38-4-2)21-15-7-5-6-8-18-25(21)40-29)39-30(36)20-14-10-9-13-19(20)27-32-22-16-11-12-17-23(22)33-27/h9-14,16-17,24H,3-8,15,18H2,1-2H3,(H,32,33)(H,34,35). The van der Waals surface area contributed by atoms with E-state index in [0.717, 1.165) is 60.0 Å². The van der Waals surface area contributed by atoms with Crippen molar-refractivity contribution in [3.8, 4) is 11.4 Å².